The van der Waals surface area contributed by atoms with Crippen molar-refractivity contribution in [3.8, 4) is 0 Å². The van der Waals surface area contributed by atoms with Gasteiger partial charge in [0.15, 0.2) is 5.76 Å². The molecule has 1 aromatic heterocycles. The van der Waals surface area contributed by atoms with Gasteiger partial charge in [0.1, 0.15) is 5.82 Å². The molecule has 4 N–H and O–H groups in total. The Bertz CT molecular complexity index is 656. The molecule has 1 aromatic carbocycles. The van der Waals surface area contributed by atoms with Gasteiger partial charge < -0.3 is 20.8 Å². The topological polar surface area (TPSA) is 97.4 Å². The van der Waals surface area contributed by atoms with E-state index in [1.54, 1.807) is 6.07 Å². The van der Waals surface area contributed by atoms with Crippen molar-refractivity contribution < 1.29 is 18.4 Å². The average molecular weight is 305 g/mol. The molecule has 22 heavy (non-hydrogen) atoms. The summed E-state index contributed by atoms with van der Waals surface area (Å²) in [6.07, 6.45) is 2.11. The summed E-state index contributed by atoms with van der Waals surface area (Å²) in [5.41, 5.74) is 5.80. The van der Waals surface area contributed by atoms with Crippen LogP contribution in [0.4, 0.5) is 15.8 Å². The van der Waals surface area contributed by atoms with Gasteiger partial charge in [-0.3, -0.25) is 9.59 Å². The minimum atomic E-state index is -0.523. The summed E-state index contributed by atoms with van der Waals surface area (Å²) in [4.78, 5) is 23.7. The molecule has 0 spiro atoms. The largest absolute Gasteiger partial charge is 0.459 e. The molecule has 2 rings (SSSR count). The van der Waals surface area contributed by atoms with Gasteiger partial charge in [-0.15, -0.1) is 0 Å². The molecule has 116 valence electrons. The number of rotatable bonds is 6. The van der Waals surface area contributed by atoms with Gasteiger partial charge in [0.25, 0.3) is 5.91 Å². The maximum Gasteiger partial charge on any atom is 0.291 e. The number of amides is 2. The monoisotopic (exact) mass is 305 g/mol. The molecule has 0 aliphatic carbocycles. The van der Waals surface area contributed by atoms with Gasteiger partial charge in [-0.2, -0.15) is 0 Å². The number of halogens is 1. The molecule has 1 heterocycles. The van der Waals surface area contributed by atoms with E-state index in [-0.39, 0.29) is 29.5 Å². The number of hydrogen-bond acceptors (Lipinski definition) is 4. The van der Waals surface area contributed by atoms with Crippen molar-refractivity contribution in [2.45, 2.75) is 12.8 Å². The number of furan rings is 1. The third-order valence-electron chi connectivity index (χ3n) is 2.86. The van der Waals surface area contributed by atoms with Gasteiger partial charge in [-0.05, 0) is 43.3 Å². The van der Waals surface area contributed by atoms with Crippen LogP contribution in [0.3, 0.4) is 0 Å². The highest BCUT2D eigenvalue weighted by Crippen LogP contribution is 2.24. The zero-order valence-corrected chi connectivity index (χ0v) is 11.8. The van der Waals surface area contributed by atoms with Crippen LogP contribution >= 0.6 is 0 Å². The van der Waals surface area contributed by atoms with Crippen LogP contribution in [0.1, 0.15) is 23.4 Å². The van der Waals surface area contributed by atoms with Crippen LogP contribution < -0.4 is 16.4 Å². The molecule has 6 nitrogen and oxygen atoms in total. The van der Waals surface area contributed by atoms with Crippen molar-refractivity contribution in [2.24, 2.45) is 5.73 Å². The smallest absolute Gasteiger partial charge is 0.291 e. The number of hydrogen-bond donors (Lipinski definition) is 3. The van der Waals surface area contributed by atoms with Gasteiger partial charge in [-0.25, -0.2) is 4.39 Å². The van der Waals surface area contributed by atoms with E-state index in [4.69, 9.17) is 10.2 Å². The molecular weight excluding hydrogens is 289 g/mol. The predicted molar refractivity (Wildman–Crippen MR) is 80.0 cm³/mol. The first kappa shape index (κ1) is 15.7. The van der Waals surface area contributed by atoms with Crippen LogP contribution in [0.5, 0.6) is 0 Å². The van der Waals surface area contributed by atoms with E-state index >= 15 is 0 Å². The van der Waals surface area contributed by atoms with Gasteiger partial charge >= 0.3 is 0 Å². The molecular formula is C15H16FN3O3. The number of nitrogens with two attached hydrogens (primary N) is 1. The van der Waals surface area contributed by atoms with Crippen LogP contribution in [0.15, 0.2) is 41.0 Å². The molecule has 2 aromatic rings. The number of carbonyl (C=O) groups excluding carboxylic acids is 2. The van der Waals surface area contributed by atoms with Crippen LogP contribution in [0.2, 0.25) is 0 Å². The Morgan fingerprint density at radius 1 is 1.18 bits per heavy atom. The van der Waals surface area contributed by atoms with Crippen molar-refractivity contribution in [1.29, 1.82) is 0 Å². The quantitative estimate of drug-likeness (QED) is 0.763. The molecule has 0 aliphatic rings. The van der Waals surface area contributed by atoms with Gasteiger partial charge in [-0.1, -0.05) is 0 Å². The fraction of sp³-hybridized carbons (Fsp3) is 0.200. The summed E-state index contributed by atoms with van der Waals surface area (Å²) in [6.45, 7) is 0.388. The highest BCUT2D eigenvalue weighted by Gasteiger charge is 2.13. The van der Waals surface area contributed by atoms with E-state index in [9.17, 15) is 14.0 Å². The van der Waals surface area contributed by atoms with E-state index in [2.05, 4.69) is 10.6 Å². The Morgan fingerprint density at radius 3 is 2.68 bits per heavy atom. The summed E-state index contributed by atoms with van der Waals surface area (Å²) in [5.74, 6) is -1.20. The Morgan fingerprint density at radius 2 is 2.00 bits per heavy atom. The minimum Gasteiger partial charge on any atom is -0.459 e. The molecule has 2 amide bonds. The lowest BCUT2D eigenvalue weighted by molar-refractivity contribution is -0.116. The maximum atomic E-state index is 13.4. The SMILES string of the molecule is NCCCC(=O)Nc1cc(F)ccc1NC(=O)c1ccco1. The lowest BCUT2D eigenvalue weighted by Gasteiger charge is -2.12. The third kappa shape index (κ3) is 4.16. The van der Waals surface area contributed by atoms with Crippen LogP contribution in [0.25, 0.3) is 0 Å². The highest BCUT2D eigenvalue weighted by molar-refractivity contribution is 6.05. The van der Waals surface area contributed by atoms with Gasteiger partial charge in [0.05, 0.1) is 17.6 Å². The molecule has 0 saturated heterocycles. The zero-order chi connectivity index (χ0) is 15.9. The minimum absolute atomic E-state index is 0.115. The second kappa shape index (κ2) is 7.37. The highest BCUT2D eigenvalue weighted by atomic mass is 19.1. The van der Waals surface area contributed by atoms with E-state index in [1.165, 1.54) is 24.5 Å². The molecule has 0 bridgehead atoms. The van der Waals surface area contributed by atoms with Crippen LogP contribution in [-0.4, -0.2) is 18.4 Å². The summed E-state index contributed by atoms with van der Waals surface area (Å²) in [7, 11) is 0. The molecule has 0 unspecified atom stereocenters. The summed E-state index contributed by atoms with van der Waals surface area (Å²) in [6, 6.07) is 6.77. The first-order valence-corrected chi connectivity index (χ1v) is 6.74. The first-order chi connectivity index (χ1) is 10.6. The van der Waals surface area contributed by atoms with E-state index < -0.39 is 11.7 Å². The molecule has 0 aliphatic heterocycles. The summed E-state index contributed by atoms with van der Waals surface area (Å²) in [5, 5.41) is 5.12. The van der Waals surface area contributed by atoms with E-state index in [1.807, 2.05) is 0 Å². The first-order valence-electron chi connectivity index (χ1n) is 6.74. The van der Waals surface area contributed by atoms with Gasteiger partial charge in [0, 0.05) is 6.42 Å². The molecule has 0 atom stereocenters. The predicted octanol–water partition coefficient (Wildman–Crippen LogP) is 2.35. The summed E-state index contributed by atoms with van der Waals surface area (Å²) >= 11 is 0. The van der Waals surface area contributed by atoms with Crippen molar-refractivity contribution >= 4 is 23.2 Å². The lowest BCUT2D eigenvalue weighted by Crippen LogP contribution is -2.17. The number of carbonyl (C=O) groups is 2. The van der Waals surface area contributed by atoms with Gasteiger partial charge in [0.2, 0.25) is 5.91 Å². The molecule has 0 saturated carbocycles. The van der Waals surface area contributed by atoms with Crippen LogP contribution in [-0.2, 0) is 4.79 Å². The van der Waals surface area contributed by atoms with E-state index in [0.29, 0.717) is 13.0 Å². The fourth-order valence-electron chi connectivity index (χ4n) is 1.80. The fourth-order valence-corrected chi connectivity index (χ4v) is 1.80. The normalized spacial score (nSPS) is 10.3. The Hall–Kier alpha value is -2.67. The number of anilines is 2. The second-order valence-electron chi connectivity index (χ2n) is 4.56. The Labute approximate surface area is 126 Å². The zero-order valence-electron chi connectivity index (χ0n) is 11.8. The van der Waals surface area contributed by atoms with Crippen molar-refractivity contribution in [1.82, 2.24) is 0 Å². The van der Waals surface area contributed by atoms with E-state index in [0.717, 1.165) is 6.07 Å². The maximum absolute atomic E-state index is 13.4. The standard InChI is InChI=1S/C15H16FN3O3/c16-10-5-6-11(19-15(21)13-3-2-8-22-13)12(9-10)18-14(20)4-1-7-17/h2-3,5-6,8-9H,1,4,7,17H2,(H,18,20)(H,19,21). The summed E-state index contributed by atoms with van der Waals surface area (Å²) < 4.78 is 18.3. The Balaban J connectivity index is 2.13. The average Bonchev–Trinajstić information content (AvgIpc) is 3.02. The van der Waals surface area contributed by atoms with Crippen molar-refractivity contribution in [2.75, 3.05) is 17.2 Å². The molecule has 0 fully saturated rings. The molecule has 7 heteroatoms. The lowest BCUT2D eigenvalue weighted by atomic mass is 10.2. The second-order valence-corrected chi connectivity index (χ2v) is 4.56. The number of benzene rings is 1. The van der Waals surface area contributed by atoms with Crippen molar-refractivity contribution in [3.05, 3.63) is 48.2 Å². The van der Waals surface area contributed by atoms with Crippen LogP contribution in [0, 0.1) is 5.82 Å². The molecule has 0 radical (unpaired) electrons. The Kier molecular flexibility index (Phi) is 5.26. The van der Waals surface area contributed by atoms with Crippen molar-refractivity contribution in [3.63, 3.8) is 0 Å². The number of nitrogens with one attached hydrogen (secondary N) is 2. The third-order valence-corrected chi connectivity index (χ3v) is 2.86.